The highest BCUT2D eigenvalue weighted by molar-refractivity contribution is 7.07. The molecule has 0 fully saturated rings. The van der Waals surface area contributed by atoms with Gasteiger partial charge in [0.2, 0.25) is 0 Å². The molecule has 0 aromatic carbocycles. The normalized spacial score (nSPS) is 11.4. The molecular weight excluding hydrogens is 278 g/mol. The molecule has 0 amide bonds. The Bertz CT molecular complexity index is 424. The SMILES string of the molecule is CCOC(=O)C(Cc1cscn1)(C(=O)OCC)C(C)C. The Balaban J connectivity index is 3.18. The molecule has 112 valence electrons. The Morgan fingerprint density at radius 2 is 1.80 bits per heavy atom. The Hall–Kier alpha value is -1.43. The summed E-state index contributed by atoms with van der Waals surface area (Å²) >= 11 is 1.43. The molecule has 0 saturated heterocycles. The van der Waals surface area contributed by atoms with Gasteiger partial charge in [-0.1, -0.05) is 13.8 Å². The van der Waals surface area contributed by atoms with Crippen LogP contribution in [0.15, 0.2) is 10.9 Å². The van der Waals surface area contributed by atoms with Crippen molar-refractivity contribution in [1.29, 1.82) is 0 Å². The average molecular weight is 299 g/mol. The highest BCUT2D eigenvalue weighted by atomic mass is 32.1. The molecule has 1 aromatic rings. The number of thiazole rings is 1. The van der Waals surface area contributed by atoms with Gasteiger partial charge in [-0.25, -0.2) is 4.98 Å². The lowest BCUT2D eigenvalue weighted by Crippen LogP contribution is -2.48. The van der Waals surface area contributed by atoms with Crippen molar-refractivity contribution in [2.75, 3.05) is 13.2 Å². The highest BCUT2D eigenvalue weighted by Gasteiger charge is 2.52. The van der Waals surface area contributed by atoms with Gasteiger partial charge in [0, 0.05) is 11.8 Å². The lowest BCUT2D eigenvalue weighted by Gasteiger charge is -2.32. The van der Waals surface area contributed by atoms with Gasteiger partial charge in [-0.3, -0.25) is 9.59 Å². The summed E-state index contributed by atoms with van der Waals surface area (Å²) < 4.78 is 10.2. The Morgan fingerprint density at radius 3 is 2.15 bits per heavy atom. The topological polar surface area (TPSA) is 65.5 Å². The van der Waals surface area contributed by atoms with Crippen molar-refractivity contribution < 1.29 is 19.1 Å². The standard InChI is InChI=1S/C14H21NO4S/c1-5-18-12(16)14(10(3)4,13(17)19-6-2)7-11-8-20-9-15-11/h8-10H,5-7H2,1-4H3. The highest BCUT2D eigenvalue weighted by Crippen LogP contribution is 2.35. The minimum atomic E-state index is -1.33. The molecule has 0 aliphatic rings. The van der Waals surface area contributed by atoms with Gasteiger partial charge in [0.25, 0.3) is 0 Å². The molecule has 6 heteroatoms. The summed E-state index contributed by atoms with van der Waals surface area (Å²) in [7, 11) is 0. The molecule has 1 rings (SSSR count). The fraction of sp³-hybridized carbons (Fsp3) is 0.643. The van der Waals surface area contributed by atoms with E-state index in [4.69, 9.17) is 9.47 Å². The van der Waals surface area contributed by atoms with Crippen molar-refractivity contribution >= 4 is 23.3 Å². The fourth-order valence-corrected chi connectivity index (χ4v) is 2.59. The molecule has 0 aliphatic carbocycles. The van der Waals surface area contributed by atoms with Gasteiger partial charge >= 0.3 is 11.9 Å². The van der Waals surface area contributed by atoms with E-state index in [2.05, 4.69) is 4.98 Å². The Kier molecular flexibility index (Phi) is 6.13. The first kappa shape index (κ1) is 16.6. The maximum absolute atomic E-state index is 12.4. The van der Waals surface area contributed by atoms with Crippen LogP contribution in [0.5, 0.6) is 0 Å². The fourth-order valence-electron chi connectivity index (χ4n) is 2.03. The summed E-state index contributed by atoms with van der Waals surface area (Å²) in [5.41, 5.74) is 1.04. The Labute approximate surface area is 123 Å². The predicted octanol–water partition coefficient (Wildman–Crippen LogP) is 2.45. The maximum atomic E-state index is 12.4. The van der Waals surface area contributed by atoms with Crippen molar-refractivity contribution in [1.82, 2.24) is 4.98 Å². The quantitative estimate of drug-likeness (QED) is 0.571. The smallest absolute Gasteiger partial charge is 0.324 e. The number of hydrogen-bond acceptors (Lipinski definition) is 6. The van der Waals surface area contributed by atoms with E-state index in [1.807, 2.05) is 19.2 Å². The summed E-state index contributed by atoms with van der Waals surface area (Å²) in [4.78, 5) is 29.0. The predicted molar refractivity (Wildman–Crippen MR) is 76.4 cm³/mol. The number of nitrogens with zero attached hydrogens (tertiary/aromatic N) is 1. The first-order valence-corrected chi connectivity index (χ1v) is 7.64. The molecule has 0 N–H and O–H groups in total. The molecule has 0 unspecified atom stereocenters. The number of aromatic nitrogens is 1. The van der Waals surface area contributed by atoms with Crippen LogP contribution in [-0.2, 0) is 25.5 Å². The van der Waals surface area contributed by atoms with Crippen LogP contribution in [0.2, 0.25) is 0 Å². The third-order valence-electron chi connectivity index (χ3n) is 3.21. The van der Waals surface area contributed by atoms with Gasteiger partial charge in [-0.15, -0.1) is 11.3 Å². The number of carbonyl (C=O) groups is 2. The van der Waals surface area contributed by atoms with Crippen LogP contribution in [0.1, 0.15) is 33.4 Å². The van der Waals surface area contributed by atoms with Crippen molar-refractivity contribution in [3.63, 3.8) is 0 Å². The molecule has 0 aliphatic heterocycles. The number of hydrogen-bond donors (Lipinski definition) is 0. The summed E-state index contributed by atoms with van der Waals surface area (Å²) in [5, 5.41) is 1.83. The van der Waals surface area contributed by atoms with Crippen LogP contribution in [0, 0.1) is 11.3 Å². The van der Waals surface area contributed by atoms with E-state index in [1.54, 1.807) is 19.4 Å². The minimum Gasteiger partial charge on any atom is -0.465 e. The van der Waals surface area contributed by atoms with Crippen LogP contribution < -0.4 is 0 Å². The summed E-state index contributed by atoms with van der Waals surface area (Å²) in [6, 6.07) is 0. The van der Waals surface area contributed by atoms with Crippen LogP contribution in [0.4, 0.5) is 0 Å². The van der Waals surface area contributed by atoms with Gasteiger partial charge in [0.15, 0.2) is 5.41 Å². The first-order valence-electron chi connectivity index (χ1n) is 6.70. The zero-order valence-corrected chi connectivity index (χ0v) is 13.2. The second-order valence-electron chi connectivity index (χ2n) is 4.72. The summed E-state index contributed by atoms with van der Waals surface area (Å²) in [5.74, 6) is -1.33. The van der Waals surface area contributed by atoms with Crippen molar-refractivity contribution in [2.45, 2.75) is 34.1 Å². The average Bonchev–Trinajstić information content (AvgIpc) is 2.88. The molecule has 0 spiro atoms. The Morgan fingerprint density at radius 1 is 1.25 bits per heavy atom. The van der Waals surface area contributed by atoms with E-state index < -0.39 is 17.4 Å². The van der Waals surface area contributed by atoms with E-state index in [1.165, 1.54) is 11.3 Å². The third-order valence-corrected chi connectivity index (χ3v) is 3.84. The second-order valence-corrected chi connectivity index (χ2v) is 5.44. The molecule has 0 bridgehead atoms. The van der Waals surface area contributed by atoms with Gasteiger partial charge in [0.1, 0.15) is 0 Å². The van der Waals surface area contributed by atoms with Crippen molar-refractivity contribution in [2.24, 2.45) is 11.3 Å². The second kappa shape index (κ2) is 7.38. The van der Waals surface area contributed by atoms with Crippen LogP contribution in [-0.4, -0.2) is 30.1 Å². The van der Waals surface area contributed by atoms with Gasteiger partial charge in [-0.05, 0) is 19.8 Å². The van der Waals surface area contributed by atoms with Crippen LogP contribution in [0.25, 0.3) is 0 Å². The summed E-state index contributed by atoms with van der Waals surface area (Å²) in [6.45, 7) is 7.53. The van der Waals surface area contributed by atoms with E-state index >= 15 is 0 Å². The number of esters is 2. The van der Waals surface area contributed by atoms with Gasteiger partial charge < -0.3 is 9.47 Å². The van der Waals surface area contributed by atoms with E-state index in [9.17, 15) is 9.59 Å². The van der Waals surface area contributed by atoms with Gasteiger partial charge in [0.05, 0.1) is 24.4 Å². The summed E-state index contributed by atoms with van der Waals surface area (Å²) in [6.07, 6.45) is 0.200. The van der Waals surface area contributed by atoms with E-state index in [-0.39, 0.29) is 25.6 Å². The van der Waals surface area contributed by atoms with Crippen LogP contribution >= 0.6 is 11.3 Å². The molecular formula is C14H21NO4S. The number of rotatable bonds is 7. The number of ether oxygens (including phenoxy) is 2. The molecule has 1 heterocycles. The van der Waals surface area contributed by atoms with E-state index in [0.717, 1.165) is 0 Å². The maximum Gasteiger partial charge on any atom is 0.324 e. The monoisotopic (exact) mass is 299 g/mol. The largest absolute Gasteiger partial charge is 0.465 e. The lowest BCUT2D eigenvalue weighted by atomic mass is 9.73. The molecule has 1 aromatic heterocycles. The van der Waals surface area contributed by atoms with Crippen LogP contribution in [0.3, 0.4) is 0 Å². The third kappa shape index (κ3) is 3.36. The van der Waals surface area contributed by atoms with Crippen molar-refractivity contribution in [3.8, 4) is 0 Å². The first-order chi connectivity index (χ1) is 9.48. The number of carbonyl (C=O) groups excluding carboxylic acids is 2. The molecule has 0 radical (unpaired) electrons. The van der Waals surface area contributed by atoms with Crippen molar-refractivity contribution in [3.05, 3.63) is 16.6 Å². The minimum absolute atomic E-state index is 0.200. The molecule has 0 atom stereocenters. The molecule has 5 nitrogen and oxygen atoms in total. The van der Waals surface area contributed by atoms with E-state index in [0.29, 0.717) is 5.69 Å². The molecule has 20 heavy (non-hydrogen) atoms. The zero-order valence-electron chi connectivity index (χ0n) is 12.3. The lowest BCUT2D eigenvalue weighted by molar-refractivity contribution is -0.176. The van der Waals surface area contributed by atoms with Gasteiger partial charge in [-0.2, -0.15) is 0 Å². The molecule has 0 saturated carbocycles. The zero-order chi connectivity index (χ0) is 15.2.